The average molecular weight is 258 g/mol. The van der Waals surface area contributed by atoms with Crippen molar-refractivity contribution in [3.05, 3.63) is 35.4 Å². The van der Waals surface area contributed by atoms with Gasteiger partial charge in [-0.2, -0.15) is 0 Å². The van der Waals surface area contributed by atoms with Crippen LogP contribution in [0.25, 0.3) is 0 Å². The van der Waals surface area contributed by atoms with E-state index in [0.717, 1.165) is 5.92 Å². The highest BCUT2D eigenvalue weighted by molar-refractivity contribution is 5.28. The van der Waals surface area contributed by atoms with Crippen molar-refractivity contribution in [1.29, 1.82) is 0 Å². The van der Waals surface area contributed by atoms with Crippen LogP contribution in [0, 0.1) is 0 Å². The minimum absolute atomic E-state index is 0.606. The first kappa shape index (κ1) is 13.1. The molecule has 2 unspecified atom stereocenters. The molecule has 2 aliphatic heterocycles. The minimum atomic E-state index is 0.606. The maximum absolute atomic E-state index is 3.58. The summed E-state index contributed by atoms with van der Waals surface area (Å²) in [4.78, 5) is 2.47. The van der Waals surface area contributed by atoms with Crippen LogP contribution < -0.4 is 5.32 Å². The summed E-state index contributed by atoms with van der Waals surface area (Å²) in [5, 5.41) is 3.58. The lowest BCUT2D eigenvalue weighted by molar-refractivity contribution is 0.347. The van der Waals surface area contributed by atoms with Gasteiger partial charge in [0.25, 0.3) is 0 Å². The molecule has 104 valence electrons. The summed E-state index contributed by atoms with van der Waals surface area (Å²) < 4.78 is 0. The number of rotatable bonds is 2. The van der Waals surface area contributed by atoms with Crippen molar-refractivity contribution >= 4 is 0 Å². The smallest absolute Gasteiger partial charge is 0.0320 e. The van der Waals surface area contributed by atoms with Gasteiger partial charge in [-0.25, -0.2) is 0 Å². The first-order valence-corrected chi connectivity index (χ1v) is 7.85. The summed E-state index contributed by atoms with van der Waals surface area (Å²) in [6, 6.07) is 10.1. The summed E-state index contributed by atoms with van der Waals surface area (Å²) in [6.45, 7) is 3.69. The normalized spacial score (nSPS) is 29.3. The Balaban J connectivity index is 1.67. The molecule has 0 bridgehead atoms. The van der Waals surface area contributed by atoms with Crippen LogP contribution in [0.15, 0.2) is 24.3 Å². The SMILES string of the molecule is CN1CCCC(c2ccc(C3CCCN3)cc2)CC1. The van der Waals surface area contributed by atoms with E-state index >= 15 is 0 Å². The lowest BCUT2D eigenvalue weighted by Gasteiger charge is -2.17. The van der Waals surface area contributed by atoms with Crippen molar-refractivity contribution in [2.24, 2.45) is 0 Å². The van der Waals surface area contributed by atoms with Gasteiger partial charge in [-0.1, -0.05) is 24.3 Å². The van der Waals surface area contributed by atoms with Gasteiger partial charge in [0.2, 0.25) is 0 Å². The van der Waals surface area contributed by atoms with Crippen molar-refractivity contribution < 1.29 is 0 Å². The second-order valence-electron chi connectivity index (χ2n) is 6.25. The number of benzene rings is 1. The summed E-state index contributed by atoms with van der Waals surface area (Å²) in [7, 11) is 2.25. The number of likely N-dealkylation sites (tertiary alicyclic amines) is 1. The van der Waals surface area contributed by atoms with Crippen LogP contribution in [0.4, 0.5) is 0 Å². The van der Waals surface area contributed by atoms with Crippen LogP contribution >= 0.6 is 0 Å². The standard InChI is InChI=1S/C17H26N2/c1-19-12-3-4-14(10-13-19)15-6-8-16(9-7-15)17-5-2-11-18-17/h6-9,14,17-18H,2-5,10-13H2,1H3. The van der Waals surface area contributed by atoms with Crippen molar-refractivity contribution in [1.82, 2.24) is 10.2 Å². The van der Waals surface area contributed by atoms with E-state index < -0.39 is 0 Å². The Labute approximate surface area is 117 Å². The highest BCUT2D eigenvalue weighted by Gasteiger charge is 2.18. The number of hydrogen-bond acceptors (Lipinski definition) is 2. The molecular formula is C17H26N2. The fourth-order valence-corrected chi connectivity index (χ4v) is 3.54. The van der Waals surface area contributed by atoms with Gasteiger partial charge >= 0.3 is 0 Å². The predicted octanol–water partition coefficient (Wildman–Crippen LogP) is 3.31. The molecule has 0 amide bonds. The Kier molecular flexibility index (Phi) is 4.19. The van der Waals surface area contributed by atoms with E-state index in [-0.39, 0.29) is 0 Å². The van der Waals surface area contributed by atoms with E-state index in [0.29, 0.717) is 6.04 Å². The van der Waals surface area contributed by atoms with Crippen LogP contribution in [0.3, 0.4) is 0 Å². The van der Waals surface area contributed by atoms with E-state index in [1.807, 2.05) is 0 Å². The van der Waals surface area contributed by atoms with Crippen LogP contribution in [0.5, 0.6) is 0 Å². The van der Waals surface area contributed by atoms with E-state index in [1.165, 1.54) is 57.3 Å². The molecule has 1 aromatic rings. The third-order valence-corrected chi connectivity index (χ3v) is 4.82. The Morgan fingerprint density at radius 2 is 1.74 bits per heavy atom. The van der Waals surface area contributed by atoms with Crippen LogP contribution in [-0.2, 0) is 0 Å². The summed E-state index contributed by atoms with van der Waals surface area (Å²) >= 11 is 0. The fourth-order valence-electron chi connectivity index (χ4n) is 3.54. The van der Waals surface area contributed by atoms with E-state index in [4.69, 9.17) is 0 Å². The summed E-state index contributed by atoms with van der Waals surface area (Å²) in [5.74, 6) is 0.774. The first-order chi connectivity index (χ1) is 9.33. The van der Waals surface area contributed by atoms with Gasteiger partial charge < -0.3 is 10.2 Å². The molecule has 3 rings (SSSR count). The molecule has 0 aromatic heterocycles. The van der Waals surface area contributed by atoms with Crippen molar-refractivity contribution in [2.75, 3.05) is 26.7 Å². The summed E-state index contributed by atoms with van der Waals surface area (Å²) in [6.07, 6.45) is 6.63. The molecule has 0 spiro atoms. The molecule has 2 nitrogen and oxygen atoms in total. The van der Waals surface area contributed by atoms with Crippen molar-refractivity contribution in [3.63, 3.8) is 0 Å². The van der Waals surface area contributed by atoms with Gasteiger partial charge in [-0.3, -0.25) is 0 Å². The van der Waals surface area contributed by atoms with E-state index in [1.54, 1.807) is 5.56 Å². The molecule has 2 saturated heterocycles. The minimum Gasteiger partial charge on any atom is -0.310 e. The largest absolute Gasteiger partial charge is 0.310 e. The number of hydrogen-bond donors (Lipinski definition) is 1. The highest BCUT2D eigenvalue weighted by atomic mass is 15.1. The third kappa shape index (κ3) is 3.18. The van der Waals surface area contributed by atoms with Crippen LogP contribution in [-0.4, -0.2) is 31.6 Å². The summed E-state index contributed by atoms with van der Waals surface area (Å²) in [5.41, 5.74) is 3.03. The Hall–Kier alpha value is -0.860. The zero-order valence-electron chi connectivity index (χ0n) is 12.1. The fraction of sp³-hybridized carbons (Fsp3) is 0.647. The van der Waals surface area contributed by atoms with Gasteiger partial charge in [-0.05, 0) is 75.8 Å². The molecule has 0 saturated carbocycles. The molecule has 2 heteroatoms. The molecule has 2 atom stereocenters. The monoisotopic (exact) mass is 258 g/mol. The lowest BCUT2D eigenvalue weighted by atomic mass is 9.90. The maximum Gasteiger partial charge on any atom is 0.0320 e. The second kappa shape index (κ2) is 6.06. The predicted molar refractivity (Wildman–Crippen MR) is 80.5 cm³/mol. The van der Waals surface area contributed by atoms with Crippen LogP contribution in [0.2, 0.25) is 0 Å². The Morgan fingerprint density at radius 3 is 2.47 bits per heavy atom. The topological polar surface area (TPSA) is 15.3 Å². The van der Waals surface area contributed by atoms with Gasteiger partial charge in [0.1, 0.15) is 0 Å². The number of nitrogens with zero attached hydrogens (tertiary/aromatic N) is 1. The molecule has 1 aromatic carbocycles. The van der Waals surface area contributed by atoms with Gasteiger partial charge in [-0.15, -0.1) is 0 Å². The van der Waals surface area contributed by atoms with Crippen molar-refractivity contribution in [2.45, 2.75) is 44.1 Å². The molecule has 19 heavy (non-hydrogen) atoms. The number of nitrogens with one attached hydrogen (secondary N) is 1. The molecular weight excluding hydrogens is 232 g/mol. The zero-order chi connectivity index (χ0) is 13.1. The molecule has 2 fully saturated rings. The maximum atomic E-state index is 3.58. The van der Waals surface area contributed by atoms with Gasteiger partial charge in [0.05, 0.1) is 0 Å². The first-order valence-electron chi connectivity index (χ1n) is 7.85. The molecule has 2 aliphatic rings. The quantitative estimate of drug-likeness (QED) is 0.875. The van der Waals surface area contributed by atoms with E-state index in [9.17, 15) is 0 Å². The van der Waals surface area contributed by atoms with Gasteiger partial charge in [0, 0.05) is 6.04 Å². The van der Waals surface area contributed by atoms with E-state index in [2.05, 4.69) is 41.5 Å². The van der Waals surface area contributed by atoms with Crippen molar-refractivity contribution in [3.8, 4) is 0 Å². The molecule has 2 heterocycles. The molecule has 1 N–H and O–H groups in total. The Morgan fingerprint density at radius 1 is 0.947 bits per heavy atom. The lowest BCUT2D eigenvalue weighted by Crippen LogP contribution is -2.18. The Bertz CT molecular complexity index is 392. The third-order valence-electron chi connectivity index (χ3n) is 4.82. The zero-order valence-corrected chi connectivity index (χ0v) is 12.1. The van der Waals surface area contributed by atoms with Gasteiger partial charge in [0.15, 0.2) is 0 Å². The molecule has 0 aliphatic carbocycles. The highest BCUT2D eigenvalue weighted by Crippen LogP contribution is 2.30. The second-order valence-corrected chi connectivity index (χ2v) is 6.25. The van der Waals surface area contributed by atoms with Crippen LogP contribution in [0.1, 0.15) is 55.2 Å². The average Bonchev–Trinajstić information content (AvgIpc) is 2.89. The molecule has 0 radical (unpaired) electrons.